The summed E-state index contributed by atoms with van der Waals surface area (Å²) >= 11 is 0. The van der Waals surface area contributed by atoms with Gasteiger partial charge in [0.1, 0.15) is 11.6 Å². The predicted molar refractivity (Wildman–Crippen MR) is 116 cm³/mol. The molecule has 0 spiro atoms. The Morgan fingerprint density at radius 2 is 1.61 bits per heavy atom. The molecular weight excluding hydrogens is 404 g/mol. The van der Waals surface area contributed by atoms with Crippen LogP contribution in [0.3, 0.4) is 0 Å². The second kappa shape index (κ2) is 8.89. The zero-order chi connectivity index (χ0) is 22.0. The fraction of sp³-hybridized carbons (Fsp3) is 0.385. The highest BCUT2D eigenvalue weighted by Gasteiger charge is 2.31. The van der Waals surface area contributed by atoms with Gasteiger partial charge in [-0.15, -0.1) is 13.2 Å². The van der Waals surface area contributed by atoms with Crippen molar-refractivity contribution in [3.63, 3.8) is 0 Å². The largest absolute Gasteiger partial charge is 0.573 e. The molecule has 3 aromatic rings. The summed E-state index contributed by atoms with van der Waals surface area (Å²) in [4.78, 5) is 0. The number of halogens is 4. The molecule has 4 rings (SSSR count). The lowest BCUT2D eigenvalue weighted by molar-refractivity contribution is -0.274. The zero-order valence-corrected chi connectivity index (χ0v) is 17.5. The monoisotopic (exact) mass is 430 g/mol. The van der Waals surface area contributed by atoms with Crippen LogP contribution in [0.25, 0.3) is 21.9 Å². The Balaban J connectivity index is 1.55. The van der Waals surface area contributed by atoms with Crippen molar-refractivity contribution in [3.8, 4) is 16.9 Å². The Morgan fingerprint density at radius 1 is 0.903 bits per heavy atom. The molecule has 3 aromatic carbocycles. The Hall–Kier alpha value is -2.56. The quantitative estimate of drug-likeness (QED) is 0.368. The van der Waals surface area contributed by atoms with E-state index in [4.69, 9.17) is 0 Å². The van der Waals surface area contributed by atoms with Gasteiger partial charge in [-0.1, -0.05) is 62.2 Å². The molecule has 0 N–H and O–H groups in total. The Kier molecular flexibility index (Phi) is 6.22. The van der Waals surface area contributed by atoms with Crippen LogP contribution in [-0.4, -0.2) is 6.36 Å². The highest BCUT2D eigenvalue weighted by Crippen LogP contribution is 2.39. The van der Waals surface area contributed by atoms with E-state index in [1.54, 1.807) is 6.07 Å². The molecule has 1 nitrogen and oxygen atoms in total. The zero-order valence-electron chi connectivity index (χ0n) is 17.5. The fourth-order valence-corrected chi connectivity index (χ4v) is 4.82. The van der Waals surface area contributed by atoms with Gasteiger partial charge in [0.2, 0.25) is 0 Å². The third-order valence-corrected chi connectivity index (χ3v) is 6.39. The molecule has 0 bridgehead atoms. The first-order valence-corrected chi connectivity index (χ1v) is 10.9. The first-order valence-electron chi connectivity index (χ1n) is 10.9. The van der Waals surface area contributed by atoms with Gasteiger partial charge in [0.15, 0.2) is 0 Å². The minimum absolute atomic E-state index is 0.323. The van der Waals surface area contributed by atoms with Gasteiger partial charge in [-0.25, -0.2) is 4.39 Å². The molecule has 0 heterocycles. The van der Waals surface area contributed by atoms with Crippen LogP contribution in [0.15, 0.2) is 54.6 Å². The highest BCUT2D eigenvalue weighted by molar-refractivity contribution is 5.89. The van der Waals surface area contributed by atoms with Crippen molar-refractivity contribution >= 4 is 10.8 Å². The van der Waals surface area contributed by atoms with Crippen molar-refractivity contribution in [2.24, 2.45) is 5.92 Å². The lowest BCUT2D eigenvalue weighted by atomic mass is 9.77. The average molecular weight is 430 g/mol. The normalized spacial score (nSPS) is 19.5. The summed E-state index contributed by atoms with van der Waals surface area (Å²) in [5.74, 6) is 0.687. The Morgan fingerprint density at radius 3 is 2.26 bits per heavy atom. The van der Waals surface area contributed by atoms with Crippen molar-refractivity contribution in [3.05, 3.63) is 66.0 Å². The van der Waals surface area contributed by atoms with Gasteiger partial charge in [0, 0.05) is 10.9 Å². The van der Waals surface area contributed by atoms with E-state index < -0.39 is 6.36 Å². The van der Waals surface area contributed by atoms with E-state index in [0.29, 0.717) is 22.4 Å². The van der Waals surface area contributed by atoms with E-state index in [2.05, 4.69) is 17.7 Å². The summed E-state index contributed by atoms with van der Waals surface area (Å²) in [6.45, 7) is 2.24. The van der Waals surface area contributed by atoms with Crippen LogP contribution in [-0.2, 0) is 0 Å². The number of hydrogen-bond donors (Lipinski definition) is 0. The van der Waals surface area contributed by atoms with Crippen LogP contribution in [0.2, 0.25) is 0 Å². The maximum absolute atomic E-state index is 15.2. The van der Waals surface area contributed by atoms with Gasteiger partial charge in [0.05, 0.1) is 0 Å². The number of alkyl halides is 3. The standard InChI is InChI=1S/C26H26F4O/c1-2-3-17-4-6-18(7-5-17)20-10-14-24-21(16-20)11-15-23(25(24)27)19-8-12-22(13-9-19)31-26(28,29)30/h8-18H,2-7H2,1H3/t17-,18-. The van der Waals surface area contributed by atoms with Gasteiger partial charge < -0.3 is 4.74 Å². The summed E-state index contributed by atoms with van der Waals surface area (Å²) in [6.07, 6.45) is 2.69. The van der Waals surface area contributed by atoms with Crippen molar-refractivity contribution in [1.82, 2.24) is 0 Å². The minimum Gasteiger partial charge on any atom is -0.406 e. The second-order valence-corrected chi connectivity index (χ2v) is 8.49. The van der Waals surface area contributed by atoms with Crippen LogP contribution >= 0.6 is 0 Å². The molecule has 0 aromatic heterocycles. The van der Waals surface area contributed by atoms with Crippen LogP contribution in [0.1, 0.15) is 56.9 Å². The summed E-state index contributed by atoms with van der Waals surface area (Å²) in [7, 11) is 0. The van der Waals surface area contributed by atoms with Crippen LogP contribution < -0.4 is 4.74 Å². The van der Waals surface area contributed by atoms with E-state index in [1.807, 2.05) is 18.2 Å². The molecule has 5 heteroatoms. The number of hydrogen-bond acceptors (Lipinski definition) is 1. The van der Waals surface area contributed by atoms with Gasteiger partial charge in [-0.3, -0.25) is 0 Å². The lowest BCUT2D eigenvalue weighted by Crippen LogP contribution is -2.16. The molecule has 1 aliphatic rings. The van der Waals surface area contributed by atoms with E-state index in [0.717, 1.165) is 11.3 Å². The molecule has 0 atom stereocenters. The first-order chi connectivity index (χ1) is 14.8. The Bertz CT molecular complexity index is 1030. The van der Waals surface area contributed by atoms with Gasteiger partial charge in [-0.2, -0.15) is 0 Å². The van der Waals surface area contributed by atoms with Gasteiger partial charge in [0.25, 0.3) is 0 Å². The molecule has 1 fully saturated rings. The lowest BCUT2D eigenvalue weighted by Gasteiger charge is -2.28. The molecule has 0 unspecified atom stereocenters. The van der Waals surface area contributed by atoms with Crippen molar-refractivity contribution in [1.29, 1.82) is 0 Å². The molecule has 1 saturated carbocycles. The molecule has 0 amide bonds. The predicted octanol–water partition coefficient (Wildman–Crippen LogP) is 8.62. The van der Waals surface area contributed by atoms with Gasteiger partial charge in [-0.05, 0) is 66.2 Å². The van der Waals surface area contributed by atoms with Crippen molar-refractivity contribution < 1.29 is 22.3 Å². The molecule has 31 heavy (non-hydrogen) atoms. The SMILES string of the molecule is CCC[C@H]1CC[C@H](c2ccc3c(F)c(-c4ccc(OC(F)(F)F)cc4)ccc3c2)CC1. The molecule has 0 saturated heterocycles. The van der Waals surface area contributed by atoms with E-state index in [1.165, 1.54) is 68.4 Å². The number of ether oxygens (including phenoxy) is 1. The fourth-order valence-electron chi connectivity index (χ4n) is 4.82. The summed E-state index contributed by atoms with van der Waals surface area (Å²) in [5.41, 5.74) is 2.13. The average Bonchev–Trinajstić information content (AvgIpc) is 2.74. The van der Waals surface area contributed by atoms with Crippen LogP contribution in [0.4, 0.5) is 17.6 Å². The van der Waals surface area contributed by atoms with Gasteiger partial charge >= 0.3 is 6.36 Å². The molecule has 0 aliphatic heterocycles. The smallest absolute Gasteiger partial charge is 0.406 e. The minimum atomic E-state index is -4.75. The van der Waals surface area contributed by atoms with Crippen LogP contribution in [0.5, 0.6) is 5.75 Å². The number of fused-ring (bicyclic) bond motifs is 1. The van der Waals surface area contributed by atoms with Crippen LogP contribution in [0, 0.1) is 11.7 Å². The molecule has 1 aliphatic carbocycles. The summed E-state index contributed by atoms with van der Waals surface area (Å²) < 4.78 is 56.1. The molecule has 164 valence electrons. The van der Waals surface area contributed by atoms with E-state index in [9.17, 15) is 13.2 Å². The van der Waals surface area contributed by atoms with E-state index >= 15 is 4.39 Å². The highest BCUT2D eigenvalue weighted by atomic mass is 19.4. The third-order valence-electron chi connectivity index (χ3n) is 6.39. The maximum atomic E-state index is 15.2. The number of benzene rings is 3. The number of rotatable bonds is 5. The second-order valence-electron chi connectivity index (χ2n) is 8.49. The van der Waals surface area contributed by atoms with Crippen molar-refractivity contribution in [2.75, 3.05) is 0 Å². The third kappa shape index (κ3) is 5.03. The van der Waals surface area contributed by atoms with E-state index in [-0.39, 0.29) is 11.6 Å². The summed E-state index contributed by atoms with van der Waals surface area (Å²) in [5, 5.41) is 1.38. The molecule has 0 radical (unpaired) electrons. The Labute approximate surface area is 180 Å². The molecular formula is C26H26F4O. The first kappa shape index (κ1) is 21.7. The van der Waals surface area contributed by atoms with Crippen molar-refractivity contribution in [2.45, 2.75) is 57.7 Å². The summed E-state index contributed by atoms with van der Waals surface area (Å²) in [6, 6.07) is 14.8. The topological polar surface area (TPSA) is 9.23 Å². The maximum Gasteiger partial charge on any atom is 0.573 e.